The van der Waals surface area contributed by atoms with Gasteiger partial charge in [0.25, 0.3) is 5.91 Å². The summed E-state index contributed by atoms with van der Waals surface area (Å²) in [5, 5.41) is 19.8. The van der Waals surface area contributed by atoms with Crippen LogP contribution in [0.1, 0.15) is 40.6 Å². The molecule has 1 aliphatic rings. The zero-order valence-electron chi connectivity index (χ0n) is 12.8. The summed E-state index contributed by atoms with van der Waals surface area (Å²) in [5.41, 5.74) is 1.62. The number of aromatic amines is 1. The van der Waals surface area contributed by atoms with Crippen LogP contribution in [-0.4, -0.2) is 43.4 Å². The summed E-state index contributed by atoms with van der Waals surface area (Å²) in [7, 11) is 1.91. The molecule has 1 fully saturated rings. The molecule has 0 aromatic carbocycles. The van der Waals surface area contributed by atoms with Gasteiger partial charge in [-0.1, -0.05) is 0 Å². The van der Waals surface area contributed by atoms with Crippen LogP contribution in [0.2, 0.25) is 0 Å². The van der Waals surface area contributed by atoms with Crippen molar-refractivity contribution in [3.05, 3.63) is 35.7 Å². The molecule has 2 aromatic rings. The van der Waals surface area contributed by atoms with Gasteiger partial charge in [0.1, 0.15) is 12.2 Å². The minimum absolute atomic E-state index is 0.0445. The third-order valence-corrected chi connectivity index (χ3v) is 4.63. The monoisotopic (exact) mass is 303 g/mol. The molecule has 3 atom stereocenters. The fourth-order valence-electron chi connectivity index (χ4n) is 3.12. The van der Waals surface area contributed by atoms with Crippen molar-refractivity contribution in [3.63, 3.8) is 0 Å². The molecular formula is C15H21N5O2. The Bertz CT molecular complexity index is 649. The lowest BCUT2D eigenvalue weighted by Gasteiger charge is -2.15. The molecule has 22 heavy (non-hydrogen) atoms. The Kier molecular flexibility index (Phi) is 3.98. The van der Waals surface area contributed by atoms with Crippen LogP contribution < -0.4 is 5.32 Å². The zero-order chi connectivity index (χ0) is 15.7. The van der Waals surface area contributed by atoms with Gasteiger partial charge in [0.2, 0.25) is 0 Å². The van der Waals surface area contributed by atoms with Gasteiger partial charge in [-0.25, -0.2) is 4.98 Å². The quantitative estimate of drug-likeness (QED) is 0.776. The largest absolute Gasteiger partial charge is 0.393 e. The van der Waals surface area contributed by atoms with Crippen LogP contribution in [0.25, 0.3) is 0 Å². The number of aliphatic hydroxyl groups is 1. The van der Waals surface area contributed by atoms with E-state index in [1.807, 2.05) is 30.8 Å². The van der Waals surface area contributed by atoms with E-state index < -0.39 is 6.10 Å². The van der Waals surface area contributed by atoms with E-state index in [1.165, 1.54) is 6.33 Å². The van der Waals surface area contributed by atoms with Crippen LogP contribution in [0.15, 0.2) is 18.6 Å². The molecule has 0 spiro atoms. The highest BCUT2D eigenvalue weighted by atomic mass is 16.3. The van der Waals surface area contributed by atoms with Gasteiger partial charge in [-0.15, -0.1) is 0 Å². The molecule has 118 valence electrons. The normalized spacial score (nSPS) is 24.6. The summed E-state index contributed by atoms with van der Waals surface area (Å²) in [5.74, 6) is 0.945. The molecule has 0 saturated heterocycles. The fourth-order valence-corrected chi connectivity index (χ4v) is 3.12. The number of nitrogens with zero attached hydrogens (tertiary/aromatic N) is 3. The van der Waals surface area contributed by atoms with E-state index >= 15 is 0 Å². The number of aliphatic hydroxyl groups excluding tert-OH is 1. The maximum absolute atomic E-state index is 12.2. The first kappa shape index (κ1) is 14.8. The van der Waals surface area contributed by atoms with E-state index in [1.54, 1.807) is 0 Å². The smallest absolute Gasteiger partial charge is 0.253 e. The zero-order valence-corrected chi connectivity index (χ0v) is 12.8. The van der Waals surface area contributed by atoms with Gasteiger partial charge in [0.05, 0.1) is 11.7 Å². The molecule has 2 heterocycles. The highest BCUT2D eigenvalue weighted by Gasteiger charge is 2.35. The van der Waals surface area contributed by atoms with Crippen LogP contribution >= 0.6 is 0 Å². The molecule has 1 aliphatic carbocycles. The third kappa shape index (κ3) is 2.76. The topological polar surface area (TPSA) is 95.8 Å². The number of rotatable bonds is 4. The molecule has 0 unspecified atom stereocenters. The van der Waals surface area contributed by atoms with Crippen molar-refractivity contribution in [2.24, 2.45) is 13.0 Å². The Balaban J connectivity index is 1.57. The lowest BCUT2D eigenvalue weighted by atomic mass is 10.0. The molecular weight excluding hydrogens is 282 g/mol. The number of carbonyl (C=O) groups is 1. The fraction of sp³-hybridized carbons (Fsp3) is 0.533. The number of carbonyl (C=O) groups excluding carboxylic acids is 1. The average molecular weight is 303 g/mol. The summed E-state index contributed by atoms with van der Waals surface area (Å²) in [6.07, 6.45) is 4.38. The molecule has 3 N–H and O–H groups in total. The highest BCUT2D eigenvalue weighted by molar-refractivity contribution is 5.95. The lowest BCUT2D eigenvalue weighted by Crippen LogP contribution is -2.32. The van der Waals surface area contributed by atoms with E-state index in [0.29, 0.717) is 18.5 Å². The second-order valence-corrected chi connectivity index (χ2v) is 6.00. The predicted molar refractivity (Wildman–Crippen MR) is 80.3 cm³/mol. The van der Waals surface area contributed by atoms with Gasteiger partial charge in [0.15, 0.2) is 0 Å². The number of hydrogen-bond donors (Lipinski definition) is 3. The third-order valence-electron chi connectivity index (χ3n) is 4.63. The van der Waals surface area contributed by atoms with Crippen molar-refractivity contribution in [1.29, 1.82) is 0 Å². The van der Waals surface area contributed by atoms with Gasteiger partial charge in [-0.05, 0) is 25.8 Å². The van der Waals surface area contributed by atoms with E-state index in [4.69, 9.17) is 0 Å². The second kappa shape index (κ2) is 5.92. The molecule has 7 nitrogen and oxygen atoms in total. The Morgan fingerprint density at radius 2 is 2.36 bits per heavy atom. The van der Waals surface area contributed by atoms with Crippen molar-refractivity contribution in [2.75, 3.05) is 6.54 Å². The first-order chi connectivity index (χ1) is 10.6. The van der Waals surface area contributed by atoms with E-state index in [-0.39, 0.29) is 17.7 Å². The molecule has 0 aliphatic heterocycles. The standard InChI is InChI=1S/C15H21N5O2/c1-9-12(3-4-20(9)2)15(22)16-7-11-5-10(6-13(11)21)14-17-8-18-19-14/h3-4,8,10-11,13,21H,5-7H2,1-2H3,(H,16,22)(H,17,18,19)/t10-,11+,13+/m1/s1. The van der Waals surface area contributed by atoms with Crippen LogP contribution in [0.3, 0.4) is 0 Å². The molecule has 1 amide bonds. The molecule has 7 heteroatoms. The lowest BCUT2D eigenvalue weighted by molar-refractivity contribution is 0.0916. The van der Waals surface area contributed by atoms with Crippen molar-refractivity contribution >= 4 is 5.91 Å². The second-order valence-electron chi connectivity index (χ2n) is 6.00. The maximum atomic E-state index is 12.2. The Morgan fingerprint density at radius 1 is 1.55 bits per heavy atom. The number of aryl methyl sites for hydroxylation is 1. The van der Waals surface area contributed by atoms with Crippen LogP contribution in [0, 0.1) is 12.8 Å². The van der Waals surface area contributed by atoms with Crippen molar-refractivity contribution in [3.8, 4) is 0 Å². The van der Waals surface area contributed by atoms with Crippen LogP contribution in [0.4, 0.5) is 0 Å². The number of nitrogens with one attached hydrogen (secondary N) is 2. The molecule has 1 saturated carbocycles. The summed E-state index contributed by atoms with van der Waals surface area (Å²) in [6.45, 7) is 2.39. The number of H-pyrrole nitrogens is 1. The SMILES string of the molecule is Cc1c(C(=O)NC[C@@H]2C[C@@H](c3ncn[nH]3)C[C@@H]2O)ccn1C. The van der Waals surface area contributed by atoms with Gasteiger partial charge in [0, 0.05) is 37.3 Å². The van der Waals surface area contributed by atoms with E-state index in [9.17, 15) is 9.90 Å². The number of hydrogen-bond acceptors (Lipinski definition) is 4. The number of aromatic nitrogens is 4. The summed E-state index contributed by atoms with van der Waals surface area (Å²) >= 11 is 0. The van der Waals surface area contributed by atoms with Crippen LogP contribution in [0.5, 0.6) is 0 Å². The van der Waals surface area contributed by atoms with E-state index in [2.05, 4.69) is 20.5 Å². The van der Waals surface area contributed by atoms with Crippen molar-refractivity contribution in [2.45, 2.75) is 31.8 Å². The highest BCUT2D eigenvalue weighted by Crippen LogP contribution is 2.36. The Labute approximate surface area is 128 Å². The average Bonchev–Trinajstić information content (AvgIpc) is 3.19. The van der Waals surface area contributed by atoms with Gasteiger partial charge in [-0.3, -0.25) is 9.89 Å². The summed E-state index contributed by atoms with van der Waals surface area (Å²) in [4.78, 5) is 16.4. The Morgan fingerprint density at radius 3 is 3.00 bits per heavy atom. The minimum Gasteiger partial charge on any atom is -0.393 e. The molecule has 0 radical (unpaired) electrons. The summed E-state index contributed by atoms with van der Waals surface area (Å²) in [6, 6.07) is 1.81. The molecule has 0 bridgehead atoms. The van der Waals surface area contributed by atoms with Crippen molar-refractivity contribution < 1.29 is 9.90 Å². The van der Waals surface area contributed by atoms with Gasteiger partial charge < -0.3 is 15.0 Å². The van der Waals surface area contributed by atoms with Crippen LogP contribution in [-0.2, 0) is 7.05 Å². The Hall–Kier alpha value is -2.15. The van der Waals surface area contributed by atoms with Gasteiger partial charge in [-0.2, -0.15) is 5.10 Å². The predicted octanol–water partition coefficient (Wildman–Crippen LogP) is 0.736. The number of amides is 1. The molecule has 3 rings (SSSR count). The van der Waals surface area contributed by atoms with E-state index in [0.717, 1.165) is 17.9 Å². The first-order valence-corrected chi connectivity index (χ1v) is 7.49. The minimum atomic E-state index is -0.424. The first-order valence-electron chi connectivity index (χ1n) is 7.49. The van der Waals surface area contributed by atoms with Crippen molar-refractivity contribution in [1.82, 2.24) is 25.1 Å². The molecule has 2 aromatic heterocycles. The summed E-state index contributed by atoms with van der Waals surface area (Å²) < 4.78 is 1.92. The van der Waals surface area contributed by atoms with Gasteiger partial charge >= 0.3 is 0 Å². The maximum Gasteiger partial charge on any atom is 0.253 e.